The number of nitrogens with zero attached hydrogens (tertiary/aromatic N) is 2. The quantitative estimate of drug-likeness (QED) is 0.0567. The number of rotatable bonds is 25. The van der Waals surface area contributed by atoms with E-state index in [1.165, 1.54) is 9.80 Å². The fourth-order valence-corrected chi connectivity index (χ4v) is 7.60. The third-order valence-electron chi connectivity index (χ3n) is 11.4. The lowest BCUT2D eigenvalue weighted by Gasteiger charge is -2.23. The van der Waals surface area contributed by atoms with Crippen molar-refractivity contribution in [3.63, 3.8) is 0 Å². The molecule has 0 saturated carbocycles. The van der Waals surface area contributed by atoms with Crippen LogP contribution in [-0.2, 0) is 44.9 Å². The average Bonchev–Trinajstić information content (AvgIpc) is 3.39. The summed E-state index contributed by atoms with van der Waals surface area (Å²) < 4.78 is 10.5. The van der Waals surface area contributed by atoms with Crippen LogP contribution in [0.15, 0.2) is 158 Å². The van der Waals surface area contributed by atoms with E-state index in [1.54, 1.807) is 62.8 Å². The summed E-state index contributed by atoms with van der Waals surface area (Å²) in [5.74, 6) is -1.33. The topological polar surface area (TPSA) is 175 Å². The lowest BCUT2D eigenvalue weighted by atomic mass is 10.00. The van der Waals surface area contributed by atoms with E-state index in [-0.39, 0.29) is 37.3 Å². The number of methoxy groups -OCH3 is 2. The summed E-state index contributed by atoms with van der Waals surface area (Å²) >= 11 is 0. The standard InChI is InChI=1S/C56H60N6O8/c1-69-49-23-19-43(20-24-49)29-33-59-53(65)39-61(37-51(63)57-31-27-41-11-5-3-6-12-41)55(67)47-17-9-15-45(35-47)46-16-10-18-48(36-46)56(68)62(38-52(64)58-32-28-42-13-7-4-8-14-42)40-54(66)60-34-30-44-21-25-50(70-2)26-22-44/h3-26,35-36H,27-34,37-40H2,1-2H3,(H,57,63)(H,58,64)(H,59,65)(H,60,66). The molecular formula is C56H60N6O8. The van der Waals surface area contributed by atoms with Gasteiger partial charge in [0.1, 0.15) is 37.7 Å². The third-order valence-corrected chi connectivity index (χ3v) is 11.4. The second-order valence-corrected chi connectivity index (χ2v) is 16.6. The van der Waals surface area contributed by atoms with E-state index in [0.717, 1.165) is 33.8 Å². The van der Waals surface area contributed by atoms with Crippen LogP contribution < -0.4 is 30.7 Å². The Labute approximate surface area is 409 Å². The van der Waals surface area contributed by atoms with Crippen molar-refractivity contribution in [1.29, 1.82) is 0 Å². The molecule has 70 heavy (non-hydrogen) atoms. The Balaban J connectivity index is 1.15. The molecule has 362 valence electrons. The smallest absolute Gasteiger partial charge is 0.254 e. The lowest BCUT2D eigenvalue weighted by Crippen LogP contribution is -2.46. The van der Waals surface area contributed by atoms with Gasteiger partial charge in [0.25, 0.3) is 11.8 Å². The van der Waals surface area contributed by atoms with Gasteiger partial charge in [-0.1, -0.05) is 109 Å². The van der Waals surface area contributed by atoms with Gasteiger partial charge in [0.2, 0.25) is 23.6 Å². The summed E-state index contributed by atoms with van der Waals surface area (Å²) in [6.07, 6.45) is 2.28. The van der Waals surface area contributed by atoms with Gasteiger partial charge in [0.05, 0.1) is 14.2 Å². The average molecular weight is 945 g/mol. The van der Waals surface area contributed by atoms with Crippen molar-refractivity contribution in [1.82, 2.24) is 31.1 Å². The van der Waals surface area contributed by atoms with E-state index in [1.807, 2.05) is 109 Å². The predicted molar refractivity (Wildman–Crippen MR) is 269 cm³/mol. The largest absolute Gasteiger partial charge is 0.497 e. The molecule has 6 rings (SSSR count). The highest BCUT2D eigenvalue weighted by Crippen LogP contribution is 2.24. The fourth-order valence-electron chi connectivity index (χ4n) is 7.60. The molecule has 4 N–H and O–H groups in total. The highest BCUT2D eigenvalue weighted by atomic mass is 16.5. The van der Waals surface area contributed by atoms with Crippen molar-refractivity contribution in [3.8, 4) is 22.6 Å². The van der Waals surface area contributed by atoms with Gasteiger partial charge in [-0.25, -0.2) is 0 Å². The van der Waals surface area contributed by atoms with Crippen LogP contribution in [0.5, 0.6) is 11.5 Å². The summed E-state index contributed by atoms with van der Waals surface area (Å²) in [7, 11) is 3.18. The van der Waals surface area contributed by atoms with Crippen LogP contribution >= 0.6 is 0 Å². The predicted octanol–water partition coefficient (Wildman–Crippen LogP) is 5.69. The summed E-state index contributed by atoms with van der Waals surface area (Å²) in [6.45, 7) is -0.153. The van der Waals surface area contributed by atoms with Gasteiger partial charge in [-0.2, -0.15) is 0 Å². The van der Waals surface area contributed by atoms with Crippen LogP contribution in [0.3, 0.4) is 0 Å². The Kier molecular flexibility index (Phi) is 19.7. The van der Waals surface area contributed by atoms with E-state index in [9.17, 15) is 28.8 Å². The van der Waals surface area contributed by atoms with Gasteiger partial charge in [0, 0.05) is 37.3 Å². The molecule has 0 aliphatic rings. The van der Waals surface area contributed by atoms with E-state index in [2.05, 4.69) is 21.3 Å². The first-order valence-electron chi connectivity index (χ1n) is 23.3. The minimum absolute atomic E-state index is 0.220. The monoisotopic (exact) mass is 944 g/mol. The zero-order valence-corrected chi connectivity index (χ0v) is 39.7. The van der Waals surface area contributed by atoms with Crippen molar-refractivity contribution >= 4 is 35.4 Å². The van der Waals surface area contributed by atoms with Crippen molar-refractivity contribution in [2.24, 2.45) is 0 Å². The molecule has 0 heterocycles. The molecule has 14 nitrogen and oxygen atoms in total. The van der Waals surface area contributed by atoms with Gasteiger partial charge < -0.3 is 40.5 Å². The van der Waals surface area contributed by atoms with Gasteiger partial charge in [-0.3, -0.25) is 28.8 Å². The highest BCUT2D eigenvalue weighted by Gasteiger charge is 2.24. The van der Waals surface area contributed by atoms with Crippen LogP contribution in [0, 0.1) is 0 Å². The summed E-state index contributed by atoms with van der Waals surface area (Å²) in [4.78, 5) is 84.2. The molecule has 0 radical (unpaired) electrons. The second kappa shape index (κ2) is 26.9. The first-order valence-corrected chi connectivity index (χ1v) is 23.3. The maximum Gasteiger partial charge on any atom is 0.254 e. The number of nitrogens with one attached hydrogen (secondary N) is 4. The van der Waals surface area contributed by atoms with Crippen molar-refractivity contribution in [3.05, 3.63) is 191 Å². The minimum Gasteiger partial charge on any atom is -0.497 e. The van der Waals surface area contributed by atoms with Crippen LogP contribution in [0.1, 0.15) is 43.0 Å². The summed E-state index contributed by atoms with van der Waals surface area (Å²) in [6, 6.07) is 47.8. The van der Waals surface area contributed by atoms with E-state index < -0.39 is 35.4 Å². The molecule has 6 amide bonds. The molecule has 0 bridgehead atoms. The molecule has 14 heteroatoms. The molecule has 0 aliphatic carbocycles. The normalized spacial score (nSPS) is 10.6. The Bertz CT molecular complexity index is 2480. The van der Waals surface area contributed by atoms with Crippen LogP contribution in [0.2, 0.25) is 0 Å². The fraction of sp³-hybridized carbons (Fsp3) is 0.250. The Morgan fingerprint density at radius 3 is 0.971 bits per heavy atom. The zero-order chi connectivity index (χ0) is 49.5. The SMILES string of the molecule is COc1ccc(CCNC(=O)CN(CC(=O)NCCc2ccccc2)C(=O)c2cccc(-c3cccc(C(=O)N(CC(=O)NCCc4ccccc4)CC(=O)NCCc4ccc(OC)cc4)c3)c2)cc1. The van der Waals surface area contributed by atoms with Crippen molar-refractivity contribution in [2.45, 2.75) is 25.7 Å². The van der Waals surface area contributed by atoms with Crippen molar-refractivity contribution in [2.75, 3.05) is 66.6 Å². The molecule has 0 spiro atoms. The summed E-state index contributed by atoms with van der Waals surface area (Å²) in [5.41, 5.74) is 5.67. The zero-order valence-electron chi connectivity index (χ0n) is 39.7. The van der Waals surface area contributed by atoms with E-state index >= 15 is 0 Å². The Morgan fingerprint density at radius 2 is 0.671 bits per heavy atom. The molecule has 0 atom stereocenters. The first-order chi connectivity index (χ1) is 34.1. The number of benzene rings is 6. The lowest BCUT2D eigenvalue weighted by molar-refractivity contribution is -0.125. The third kappa shape index (κ3) is 16.5. The van der Waals surface area contributed by atoms with Gasteiger partial charge >= 0.3 is 0 Å². The molecule has 0 aliphatic heterocycles. The molecule has 0 aromatic heterocycles. The van der Waals surface area contributed by atoms with Crippen LogP contribution in [0.4, 0.5) is 0 Å². The van der Waals surface area contributed by atoms with Gasteiger partial charge in [0.15, 0.2) is 0 Å². The van der Waals surface area contributed by atoms with Crippen LogP contribution in [-0.4, -0.2) is 112 Å². The number of carbonyl (C=O) groups is 6. The number of ether oxygens (including phenoxy) is 2. The number of carbonyl (C=O) groups excluding carboxylic acids is 6. The second-order valence-electron chi connectivity index (χ2n) is 16.6. The maximum atomic E-state index is 14.3. The Morgan fingerprint density at radius 1 is 0.371 bits per heavy atom. The molecule has 6 aromatic rings. The van der Waals surface area contributed by atoms with E-state index in [4.69, 9.17) is 9.47 Å². The molecule has 6 aromatic carbocycles. The Hall–Kier alpha value is -8.26. The minimum atomic E-state index is -0.542. The van der Waals surface area contributed by atoms with Crippen molar-refractivity contribution < 1.29 is 38.2 Å². The van der Waals surface area contributed by atoms with Gasteiger partial charge in [-0.05, 0) is 108 Å². The molecule has 0 saturated heterocycles. The highest BCUT2D eigenvalue weighted by molar-refractivity contribution is 6.01. The molecule has 0 unspecified atom stereocenters. The molecule has 0 fully saturated rings. The van der Waals surface area contributed by atoms with E-state index in [0.29, 0.717) is 63.0 Å². The van der Waals surface area contributed by atoms with Gasteiger partial charge in [-0.15, -0.1) is 0 Å². The first kappa shape index (κ1) is 51.1. The van der Waals surface area contributed by atoms with Crippen LogP contribution in [0.25, 0.3) is 11.1 Å². The molecular weight excluding hydrogens is 885 g/mol. The number of amides is 6. The summed E-state index contributed by atoms with van der Waals surface area (Å²) in [5, 5.41) is 11.5. The maximum absolute atomic E-state index is 14.3. The number of hydrogen-bond donors (Lipinski definition) is 4. The number of hydrogen-bond acceptors (Lipinski definition) is 8.